The maximum Gasteiger partial charge on any atom is 0.284 e. The lowest BCUT2D eigenvalue weighted by atomic mass is 10.1. The molecule has 0 amide bonds. The molecule has 0 bridgehead atoms. The van der Waals surface area contributed by atoms with Crippen LogP contribution in [0.3, 0.4) is 0 Å². The molecule has 9 nitrogen and oxygen atoms in total. The van der Waals surface area contributed by atoms with E-state index in [2.05, 4.69) is 15.5 Å². The van der Waals surface area contributed by atoms with Crippen molar-refractivity contribution in [3.8, 4) is 11.4 Å². The average molecular weight is 385 g/mol. The highest BCUT2D eigenvalue weighted by atomic mass is 32.2. The number of nitro benzene ring substituents is 1. The Bertz CT molecular complexity index is 1000. The van der Waals surface area contributed by atoms with E-state index in [1.807, 2.05) is 19.1 Å². The Morgan fingerprint density at radius 3 is 2.78 bits per heavy atom. The minimum Gasteiger partial charge on any atom is -0.492 e. The van der Waals surface area contributed by atoms with Gasteiger partial charge in [-0.3, -0.25) is 14.9 Å². The molecule has 0 saturated heterocycles. The molecule has 0 radical (unpaired) electrons. The van der Waals surface area contributed by atoms with Crippen molar-refractivity contribution >= 4 is 23.2 Å². The first-order valence-electron chi connectivity index (χ1n) is 7.99. The van der Waals surface area contributed by atoms with E-state index in [-0.39, 0.29) is 17.0 Å². The summed E-state index contributed by atoms with van der Waals surface area (Å²) in [5.41, 5.74) is 0.711. The van der Waals surface area contributed by atoms with Gasteiger partial charge in [0.25, 0.3) is 5.69 Å². The molecular weight excluding hydrogens is 370 g/mol. The van der Waals surface area contributed by atoms with Crippen molar-refractivity contribution in [2.45, 2.75) is 23.9 Å². The van der Waals surface area contributed by atoms with Crippen molar-refractivity contribution in [1.29, 1.82) is 0 Å². The van der Waals surface area contributed by atoms with Gasteiger partial charge in [-0.15, -0.1) is 5.10 Å². The number of benzene rings is 2. The molecule has 0 fully saturated rings. The van der Waals surface area contributed by atoms with Gasteiger partial charge in [0.1, 0.15) is 11.4 Å². The van der Waals surface area contributed by atoms with Crippen molar-refractivity contribution in [1.82, 2.24) is 20.2 Å². The van der Waals surface area contributed by atoms with Crippen LogP contribution < -0.4 is 4.74 Å². The van der Waals surface area contributed by atoms with Crippen LogP contribution in [0.4, 0.5) is 5.69 Å². The zero-order valence-corrected chi connectivity index (χ0v) is 15.3. The van der Waals surface area contributed by atoms with E-state index in [1.165, 1.54) is 23.7 Å². The Morgan fingerprint density at radius 1 is 1.30 bits per heavy atom. The molecule has 27 heavy (non-hydrogen) atoms. The predicted molar refractivity (Wildman–Crippen MR) is 97.5 cm³/mol. The first kappa shape index (κ1) is 18.5. The highest BCUT2D eigenvalue weighted by Gasteiger charge is 2.21. The Balaban J connectivity index is 2.01. The van der Waals surface area contributed by atoms with Crippen LogP contribution in [0.1, 0.15) is 24.2 Å². The van der Waals surface area contributed by atoms with E-state index < -0.39 is 4.92 Å². The number of carbonyl (C=O) groups is 1. The van der Waals surface area contributed by atoms with Gasteiger partial charge in [0.2, 0.25) is 5.16 Å². The van der Waals surface area contributed by atoms with Gasteiger partial charge in [-0.05, 0) is 60.3 Å². The van der Waals surface area contributed by atoms with Crippen LogP contribution in [0, 0.1) is 10.1 Å². The molecule has 138 valence electrons. The molecule has 3 rings (SSSR count). The summed E-state index contributed by atoms with van der Waals surface area (Å²) in [5.74, 6) is 0.348. The van der Waals surface area contributed by atoms with Crippen LogP contribution in [0.5, 0.6) is 5.75 Å². The topological polar surface area (TPSA) is 113 Å². The molecule has 0 N–H and O–H groups in total. The number of hydrogen-bond acceptors (Lipinski definition) is 8. The smallest absolute Gasteiger partial charge is 0.284 e. The Hall–Kier alpha value is -3.27. The first-order chi connectivity index (χ1) is 13.0. The average Bonchev–Trinajstić information content (AvgIpc) is 3.10. The number of para-hydroxylation sites is 2. The number of ether oxygens (including phenoxy) is 1. The standard InChI is InChI=1S/C17H15N5O4S/c1-3-26-15-7-5-4-6-13(15)21-17(18-19-20-21)27-16-9-8-12(11(2)23)10-14(16)22(24)25/h4-10H,3H2,1-2H3. The van der Waals surface area contributed by atoms with Crippen LogP contribution in [0.25, 0.3) is 5.69 Å². The predicted octanol–water partition coefficient (Wildman–Crippen LogP) is 3.32. The van der Waals surface area contributed by atoms with Gasteiger partial charge in [0.05, 0.1) is 16.4 Å². The molecule has 1 aromatic heterocycles. The molecule has 0 aliphatic rings. The van der Waals surface area contributed by atoms with Gasteiger partial charge >= 0.3 is 0 Å². The van der Waals surface area contributed by atoms with E-state index in [0.29, 0.717) is 28.1 Å². The second-order valence-corrected chi connectivity index (χ2v) is 6.38. The van der Waals surface area contributed by atoms with Gasteiger partial charge in [0.15, 0.2) is 5.78 Å². The van der Waals surface area contributed by atoms with E-state index in [1.54, 1.807) is 18.2 Å². The normalized spacial score (nSPS) is 10.6. The highest BCUT2D eigenvalue weighted by molar-refractivity contribution is 7.99. The fourth-order valence-electron chi connectivity index (χ4n) is 2.37. The molecule has 1 heterocycles. The highest BCUT2D eigenvalue weighted by Crippen LogP contribution is 2.36. The van der Waals surface area contributed by atoms with Gasteiger partial charge in [-0.1, -0.05) is 12.1 Å². The summed E-state index contributed by atoms with van der Waals surface area (Å²) in [4.78, 5) is 22.7. The Labute approximate surface area is 158 Å². The Kier molecular flexibility index (Phi) is 5.46. The monoisotopic (exact) mass is 385 g/mol. The number of hydrogen-bond donors (Lipinski definition) is 0. The summed E-state index contributed by atoms with van der Waals surface area (Å²) in [6.07, 6.45) is 0. The zero-order chi connectivity index (χ0) is 19.4. The molecular formula is C17H15N5O4S. The van der Waals surface area contributed by atoms with E-state index in [9.17, 15) is 14.9 Å². The molecule has 0 saturated carbocycles. The van der Waals surface area contributed by atoms with E-state index in [0.717, 1.165) is 11.8 Å². The maximum absolute atomic E-state index is 11.5. The van der Waals surface area contributed by atoms with Crippen LogP contribution in [-0.4, -0.2) is 37.5 Å². The molecule has 0 aliphatic heterocycles. The molecule has 2 aromatic carbocycles. The molecule has 0 spiro atoms. The van der Waals surface area contributed by atoms with Crippen LogP contribution >= 0.6 is 11.8 Å². The third kappa shape index (κ3) is 3.95. The molecule has 10 heteroatoms. The van der Waals surface area contributed by atoms with Crippen molar-refractivity contribution in [3.05, 3.63) is 58.1 Å². The summed E-state index contributed by atoms with van der Waals surface area (Å²) < 4.78 is 7.06. The van der Waals surface area contributed by atoms with E-state index >= 15 is 0 Å². The molecule has 3 aromatic rings. The lowest BCUT2D eigenvalue weighted by Gasteiger charge is -2.10. The number of rotatable bonds is 7. The fourth-order valence-corrected chi connectivity index (χ4v) is 3.24. The Morgan fingerprint density at radius 2 is 2.07 bits per heavy atom. The van der Waals surface area contributed by atoms with Crippen LogP contribution in [0.15, 0.2) is 52.5 Å². The quantitative estimate of drug-likeness (QED) is 0.346. The number of tetrazole rings is 1. The molecule has 0 aliphatic carbocycles. The van der Waals surface area contributed by atoms with Gasteiger partial charge in [-0.25, -0.2) is 0 Å². The first-order valence-corrected chi connectivity index (χ1v) is 8.80. The third-order valence-corrected chi connectivity index (χ3v) is 4.60. The lowest BCUT2D eigenvalue weighted by Crippen LogP contribution is -2.04. The SMILES string of the molecule is CCOc1ccccc1-n1nnnc1Sc1ccc(C(C)=O)cc1[N+](=O)[O-]. The number of aromatic nitrogens is 4. The maximum atomic E-state index is 11.5. The number of ketones is 1. The fraction of sp³-hybridized carbons (Fsp3) is 0.176. The van der Waals surface area contributed by atoms with Crippen LogP contribution in [0.2, 0.25) is 0 Å². The largest absolute Gasteiger partial charge is 0.492 e. The number of Topliss-reactive ketones (excluding diaryl/α,β-unsaturated/α-hetero) is 1. The van der Waals surface area contributed by atoms with Crippen molar-refractivity contribution in [2.75, 3.05) is 6.61 Å². The number of nitro groups is 1. The van der Waals surface area contributed by atoms with Gasteiger partial charge < -0.3 is 4.74 Å². The van der Waals surface area contributed by atoms with Gasteiger partial charge in [0, 0.05) is 11.6 Å². The molecule has 0 atom stereocenters. The van der Waals surface area contributed by atoms with Crippen molar-refractivity contribution in [3.63, 3.8) is 0 Å². The summed E-state index contributed by atoms with van der Waals surface area (Å²) in [6.45, 7) is 3.70. The number of carbonyl (C=O) groups excluding carboxylic acids is 1. The van der Waals surface area contributed by atoms with Gasteiger partial charge in [-0.2, -0.15) is 4.68 Å². The summed E-state index contributed by atoms with van der Waals surface area (Å²) in [7, 11) is 0. The minimum absolute atomic E-state index is 0.180. The second-order valence-electron chi connectivity index (χ2n) is 5.37. The minimum atomic E-state index is -0.531. The van der Waals surface area contributed by atoms with Crippen molar-refractivity contribution in [2.24, 2.45) is 0 Å². The summed E-state index contributed by atoms with van der Waals surface area (Å²) in [5, 5.41) is 23.4. The van der Waals surface area contributed by atoms with E-state index in [4.69, 9.17) is 4.74 Å². The van der Waals surface area contributed by atoms with Crippen LogP contribution in [-0.2, 0) is 0 Å². The summed E-state index contributed by atoms with van der Waals surface area (Å²) >= 11 is 1.04. The second kappa shape index (κ2) is 7.96. The van der Waals surface area contributed by atoms with Crippen molar-refractivity contribution < 1.29 is 14.5 Å². The number of nitrogens with zero attached hydrogens (tertiary/aromatic N) is 5. The third-order valence-electron chi connectivity index (χ3n) is 3.60. The molecule has 0 unspecified atom stereocenters. The lowest BCUT2D eigenvalue weighted by molar-refractivity contribution is -0.387. The summed E-state index contributed by atoms with van der Waals surface area (Å²) in [6, 6.07) is 11.5. The zero-order valence-electron chi connectivity index (χ0n) is 14.5.